The second kappa shape index (κ2) is 5.92. The lowest BCUT2D eigenvalue weighted by molar-refractivity contribution is -0.137. The summed E-state index contributed by atoms with van der Waals surface area (Å²) in [4.78, 5) is 18.9. The molecule has 4 nitrogen and oxygen atoms in total. The van der Waals surface area contributed by atoms with Gasteiger partial charge in [0.15, 0.2) is 0 Å². The molecule has 0 aromatic carbocycles. The zero-order valence-electron chi connectivity index (χ0n) is 12.0. The van der Waals surface area contributed by atoms with Gasteiger partial charge >= 0.3 is 0 Å². The second-order valence-electron chi connectivity index (χ2n) is 6.00. The van der Waals surface area contributed by atoms with Crippen LogP contribution < -0.4 is 0 Å². The zero-order chi connectivity index (χ0) is 13.9. The van der Waals surface area contributed by atoms with E-state index in [9.17, 15) is 4.79 Å². The molecule has 0 saturated heterocycles. The lowest BCUT2D eigenvalue weighted by Crippen LogP contribution is -2.37. The molecule has 2 atom stereocenters. The number of carbonyl (C=O) groups excluding carboxylic acids is 1. The van der Waals surface area contributed by atoms with E-state index in [1.54, 1.807) is 13.3 Å². The zero-order valence-corrected chi connectivity index (χ0v) is 12.0. The lowest BCUT2D eigenvalue weighted by atomic mass is 10.0. The molecule has 0 N–H and O–H groups in total. The van der Waals surface area contributed by atoms with Gasteiger partial charge in [0.1, 0.15) is 0 Å². The number of ether oxygens (including phenoxy) is 1. The average molecular weight is 274 g/mol. The van der Waals surface area contributed by atoms with E-state index >= 15 is 0 Å². The molecule has 0 radical (unpaired) electrons. The van der Waals surface area contributed by atoms with E-state index in [2.05, 4.69) is 4.98 Å². The SMILES string of the molecule is COCCN(Cc1ccccn1)C(=O)C1CC2CC2C1. The fourth-order valence-electron chi connectivity index (χ4n) is 3.33. The third-order valence-corrected chi connectivity index (χ3v) is 4.55. The van der Waals surface area contributed by atoms with Gasteiger partial charge in [-0.15, -0.1) is 0 Å². The van der Waals surface area contributed by atoms with Gasteiger partial charge in [-0.3, -0.25) is 9.78 Å². The van der Waals surface area contributed by atoms with Crippen LogP contribution in [0, 0.1) is 17.8 Å². The molecule has 1 aromatic heterocycles. The number of hydrogen-bond donors (Lipinski definition) is 0. The van der Waals surface area contributed by atoms with Gasteiger partial charge in [-0.25, -0.2) is 0 Å². The quantitative estimate of drug-likeness (QED) is 0.798. The molecule has 2 unspecified atom stereocenters. The first-order valence-electron chi connectivity index (χ1n) is 7.45. The van der Waals surface area contributed by atoms with Crippen LogP contribution in [0.25, 0.3) is 0 Å². The van der Waals surface area contributed by atoms with E-state index in [4.69, 9.17) is 4.74 Å². The molecule has 20 heavy (non-hydrogen) atoms. The Morgan fingerprint density at radius 3 is 2.80 bits per heavy atom. The summed E-state index contributed by atoms with van der Waals surface area (Å²) in [6.45, 7) is 1.82. The van der Waals surface area contributed by atoms with E-state index in [0.717, 1.165) is 30.4 Å². The maximum absolute atomic E-state index is 12.7. The van der Waals surface area contributed by atoms with Gasteiger partial charge in [0.2, 0.25) is 5.91 Å². The average Bonchev–Trinajstić information content (AvgIpc) is 3.10. The van der Waals surface area contributed by atoms with Crippen LogP contribution in [0.4, 0.5) is 0 Å². The maximum atomic E-state index is 12.7. The largest absolute Gasteiger partial charge is 0.383 e. The van der Waals surface area contributed by atoms with Crippen molar-refractivity contribution in [1.82, 2.24) is 9.88 Å². The minimum atomic E-state index is 0.235. The summed E-state index contributed by atoms with van der Waals surface area (Å²) in [6, 6.07) is 5.83. The summed E-state index contributed by atoms with van der Waals surface area (Å²) in [5.74, 6) is 2.20. The van der Waals surface area contributed by atoms with E-state index in [1.807, 2.05) is 23.1 Å². The molecule has 0 spiro atoms. The highest BCUT2D eigenvalue weighted by Crippen LogP contribution is 2.54. The first-order chi connectivity index (χ1) is 9.78. The van der Waals surface area contributed by atoms with Gasteiger partial charge in [0.25, 0.3) is 0 Å². The number of methoxy groups -OCH3 is 1. The van der Waals surface area contributed by atoms with Crippen LogP contribution in [-0.4, -0.2) is 36.1 Å². The number of amides is 1. The fourth-order valence-corrected chi connectivity index (χ4v) is 3.33. The standard InChI is InChI=1S/C16H22N2O2/c1-20-7-6-18(11-15-4-2-3-5-17-15)16(19)14-9-12-8-13(12)10-14/h2-5,12-14H,6-11H2,1H3. The Bertz CT molecular complexity index is 453. The number of fused-ring (bicyclic) bond motifs is 1. The molecular formula is C16H22N2O2. The molecule has 0 bridgehead atoms. The molecule has 1 heterocycles. The van der Waals surface area contributed by atoms with E-state index in [-0.39, 0.29) is 5.92 Å². The maximum Gasteiger partial charge on any atom is 0.226 e. The topological polar surface area (TPSA) is 42.4 Å². The lowest BCUT2D eigenvalue weighted by Gasteiger charge is -2.25. The fraction of sp³-hybridized carbons (Fsp3) is 0.625. The minimum Gasteiger partial charge on any atom is -0.383 e. The predicted molar refractivity (Wildman–Crippen MR) is 75.9 cm³/mol. The number of rotatable bonds is 6. The Balaban J connectivity index is 1.63. The van der Waals surface area contributed by atoms with Gasteiger partial charge in [0, 0.05) is 25.8 Å². The molecule has 1 amide bonds. The Morgan fingerprint density at radius 1 is 1.35 bits per heavy atom. The molecule has 2 fully saturated rings. The van der Waals surface area contributed by atoms with E-state index < -0.39 is 0 Å². The van der Waals surface area contributed by atoms with Crippen molar-refractivity contribution in [2.45, 2.75) is 25.8 Å². The van der Waals surface area contributed by atoms with Crippen molar-refractivity contribution in [3.8, 4) is 0 Å². The summed E-state index contributed by atoms with van der Waals surface area (Å²) >= 11 is 0. The van der Waals surface area contributed by atoms with Crippen molar-refractivity contribution in [1.29, 1.82) is 0 Å². The highest BCUT2D eigenvalue weighted by Gasteiger charge is 2.48. The second-order valence-corrected chi connectivity index (χ2v) is 6.00. The number of carbonyl (C=O) groups is 1. The summed E-state index contributed by atoms with van der Waals surface area (Å²) in [5.41, 5.74) is 0.945. The third kappa shape index (κ3) is 3.01. The van der Waals surface area contributed by atoms with Crippen molar-refractivity contribution in [2.24, 2.45) is 17.8 Å². The van der Waals surface area contributed by atoms with Crippen molar-refractivity contribution >= 4 is 5.91 Å². The monoisotopic (exact) mass is 274 g/mol. The summed E-state index contributed by atoms with van der Waals surface area (Å²) in [7, 11) is 1.67. The molecular weight excluding hydrogens is 252 g/mol. The van der Waals surface area contributed by atoms with Crippen LogP contribution in [0.2, 0.25) is 0 Å². The van der Waals surface area contributed by atoms with Crippen LogP contribution in [-0.2, 0) is 16.1 Å². The first-order valence-corrected chi connectivity index (χ1v) is 7.45. The molecule has 1 aromatic rings. The first kappa shape index (κ1) is 13.6. The molecule has 4 heteroatoms. The van der Waals surface area contributed by atoms with Crippen LogP contribution in [0.3, 0.4) is 0 Å². The molecule has 108 valence electrons. The Labute approximate surface area is 120 Å². The Kier molecular flexibility index (Phi) is 4.01. The van der Waals surface area contributed by atoms with Gasteiger partial charge in [0.05, 0.1) is 18.8 Å². The van der Waals surface area contributed by atoms with E-state index in [0.29, 0.717) is 25.6 Å². The van der Waals surface area contributed by atoms with Crippen LogP contribution in [0.5, 0.6) is 0 Å². The van der Waals surface area contributed by atoms with Gasteiger partial charge < -0.3 is 9.64 Å². The minimum absolute atomic E-state index is 0.235. The Hall–Kier alpha value is -1.42. The highest BCUT2D eigenvalue weighted by molar-refractivity contribution is 5.79. The smallest absolute Gasteiger partial charge is 0.226 e. The number of pyridine rings is 1. The van der Waals surface area contributed by atoms with Crippen molar-refractivity contribution in [3.63, 3.8) is 0 Å². The van der Waals surface area contributed by atoms with Crippen molar-refractivity contribution < 1.29 is 9.53 Å². The third-order valence-electron chi connectivity index (χ3n) is 4.55. The molecule has 3 rings (SSSR count). The van der Waals surface area contributed by atoms with Gasteiger partial charge in [-0.1, -0.05) is 6.07 Å². The molecule has 2 aliphatic carbocycles. The Morgan fingerprint density at radius 2 is 2.15 bits per heavy atom. The molecule has 2 aliphatic rings. The predicted octanol–water partition coefficient (Wildman–Crippen LogP) is 2.10. The number of aromatic nitrogens is 1. The highest BCUT2D eigenvalue weighted by atomic mass is 16.5. The molecule has 0 aliphatic heterocycles. The summed E-state index contributed by atoms with van der Waals surface area (Å²) < 4.78 is 5.14. The van der Waals surface area contributed by atoms with Gasteiger partial charge in [-0.05, 0) is 43.2 Å². The summed E-state index contributed by atoms with van der Waals surface area (Å²) in [6.07, 6.45) is 5.31. The molecule has 2 saturated carbocycles. The van der Waals surface area contributed by atoms with Crippen LogP contribution in [0.1, 0.15) is 25.0 Å². The number of nitrogens with zero attached hydrogens (tertiary/aromatic N) is 2. The van der Waals surface area contributed by atoms with Crippen molar-refractivity contribution in [3.05, 3.63) is 30.1 Å². The summed E-state index contributed by atoms with van der Waals surface area (Å²) in [5, 5.41) is 0. The van der Waals surface area contributed by atoms with Crippen LogP contribution >= 0.6 is 0 Å². The normalized spacial score (nSPS) is 27.1. The van der Waals surface area contributed by atoms with Gasteiger partial charge in [-0.2, -0.15) is 0 Å². The van der Waals surface area contributed by atoms with Crippen LogP contribution in [0.15, 0.2) is 24.4 Å². The number of hydrogen-bond acceptors (Lipinski definition) is 3. The van der Waals surface area contributed by atoms with Crippen molar-refractivity contribution in [2.75, 3.05) is 20.3 Å². The van der Waals surface area contributed by atoms with E-state index in [1.165, 1.54) is 6.42 Å².